The maximum Gasteiger partial charge on any atom is 0.274 e. The smallest absolute Gasteiger partial charge is 0.274 e. The molecule has 2 aliphatic heterocycles. The zero-order chi connectivity index (χ0) is 19.7. The number of nitrogens with zero attached hydrogens (tertiary/aromatic N) is 4. The molecule has 7 heteroatoms. The van der Waals surface area contributed by atoms with E-state index in [2.05, 4.69) is 5.10 Å². The van der Waals surface area contributed by atoms with Crippen LogP contribution in [0.1, 0.15) is 44.1 Å². The Morgan fingerprint density at radius 1 is 0.929 bits per heavy atom. The van der Waals surface area contributed by atoms with Crippen molar-refractivity contribution in [1.82, 2.24) is 19.6 Å². The first-order valence-corrected chi connectivity index (χ1v) is 9.83. The molecule has 7 nitrogen and oxygen atoms in total. The van der Waals surface area contributed by atoms with Gasteiger partial charge in [0.2, 0.25) is 0 Å². The van der Waals surface area contributed by atoms with Crippen LogP contribution in [0.3, 0.4) is 0 Å². The molecule has 0 aliphatic carbocycles. The highest BCUT2D eigenvalue weighted by atomic mass is 16.5. The van der Waals surface area contributed by atoms with E-state index < -0.39 is 0 Å². The lowest BCUT2D eigenvalue weighted by Crippen LogP contribution is -2.40. The average molecular weight is 382 g/mol. The Hall–Kier alpha value is -2.67. The summed E-state index contributed by atoms with van der Waals surface area (Å²) in [6.45, 7) is 8.25. The second-order valence-electron chi connectivity index (χ2n) is 7.53. The van der Waals surface area contributed by atoms with E-state index in [1.54, 1.807) is 4.90 Å². The second kappa shape index (κ2) is 7.75. The van der Waals surface area contributed by atoms with Gasteiger partial charge >= 0.3 is 0 Å². The van der Waals surface area contributed by atoms with Crippen molar-refractivity contribution in [2.45, 2.75) is 33.4 Å². The first-order chi connectivity index (χ1) is 13.5. The van der Waals surface area contributed by atoms with Crippen molar-refractivity contribution >= 4 is 11.8 Å². The van der Waals surface area contributed by atoms with E-state index >= 15 is 0 Å². The van der Waals surface area contributed by atoms with E-state index in [0.29, 0.717) is 57.2 Å². The molecular formula is C21H26N4O3. The molecule has 1 aromatic carbocycles. The predicted octanol–water partition coefficient (Wildman–Crippen LogP) is 2.02. The molecule has 0 spiro atoms. The Kier molecular flexibility index (Phi) is 5.17. The lowest BCUT2D eigenvalue weighted by Gasteiger charge is -2.26. The first kappa shape index (κ1) is 18.7. The van der Waals surface area contributed by atoms with Crippen molar-refractivity contribution in [3.8, 4) is 0 Å². The van der Waals surface area contributed by atoms with Crippen molar-refractivity contribution in [1.29, 1.82) is 0 Å². The van der Waals surface area contributed by atoms with Crippen LogP contribution in [0.15, 0.2) is 24.3 Å². The van der Waals surface area contributed by atoms with Gasteiger partial charge in [0.25, 0.3) is 11.8 Å². The molecule has 4 rings (SSSR count). The molecule has 1 fully saturated rings. The molecule has 148 valence electrons. The predicted molar refractivity (Wildman–Crippen MR) is 104 cm³/mol. The molecule has 3 heterocycles. The summed E-state index contributed by atoms with van der Waals surface area (Å²) in [6, 6.07) is 7.67. The number of aromatic nitrogens is 2. The SMILES string of the molecule is Cc1ccc(C(=O)N2CCCn3nc(C(=O)N4CCOCC4)cc3C2)cc1C. The number of aryl methyl sites for hydroxylation is 3. The summed E-state index contributed by atoms with van der Waals surface area (Å²) in [5.41, 5.74) is 4.37. The molecule has 0 N–H and O–H groups in total. The number of morpholine rings is 1. The van der Waals surface area contributed by atoms with E-state index in [-0.39, 0.29) is 11.8 Å². The van der Waals surface area contributed by atoms with Gasteiger partial charge in [-0.15, -0.1) is 0 Å². The summed E-state index contributed by atoms with van der Waals surface area (Å²) in [6.07, 6.45) is 0.816. The third-order valence-corrected chi connectivity index (χ3v) is 5.57. The summed E-state index contributed by atoms with van der Waals surface area (Å²) in [5, 5.41) is 4.52. The minimum Gasteiger partial charge on any atom is -0.378 e. The van der Waals surface area contributed by atoms with Crippen LogP contribution in [0.25, 0.3) is 0 Å². The highest BCUT2D eigenvalue weighted by Gasteiger charge is 2.26. The maximum absolute atomic E-state index is 13.0. The Morgan fingerprint density at radius 2 is 1.71 bits per heavy atom. The number of hydrogen-bond donors (Lipinski definition) is 0. The third-order valence-electron chi connectivity index (χ3n) is 5.57. The van der Waals surface area contributed by atoms with E-state index in [1.807, 2.05) is 47.7 Å². The van der Waals surface area contributed by atoms with Gasteiger partial charge in [-0.2, -0.15) is 5.10 Å². The number of benzene rings is 1. The lowest BCUT2D eigenvalue weighted by atomic mass is 10.1. The highest BCUT2D eigenvalue weighted by molar-refractivity contribution is 5.95. The first-order valence-electron chi connectivity index (χ1n) is 9.83. The molecule has 0 unspecified atom stereocenters. The van der Waals surface area contributed by atoms with Gasteiger partial charge in [-0.05, 0) is 49.6 Å². The molecule has 0 radical (unpaired) electrons. The van der Waals surface area contributed by atoms with Gasteiger partial charge in [0.15, 0.2) is 5.69 Å². The molecule has 28 heavy (non-hydrogen) atoms. The van der Waals surface area contributed by atoms with Crippen LogP contribution in [-0.2, 0) is 17.8 Å². The van der Waals surface area contributed by atoms with E-state index in [0.717, 1.165) is 17.7 Å². The van der Waals surface area contributed by atoms with E-state index in [1.165, 1.54) is 5.56 Å². The van der Waals surface area contributed by atoms with Crippen LogP contribution in [0.2, 0.25) is 0 Å². The number of fused-ring (bicyclic) bond motifs is 1. The number of carbonyl (C=O) groups excluding carboxylic acids is 2. The largest absolute Gasteiger partial charge is 0.378 e. The molecular weight excluding hydrogens is 356 g/mol. The molecule has 2 amide bonds. The quantitative estimate of drug-likeness (QED) is 0.797. The Bertz CT molecular complexity index is 899. The highest BCUT2D eigenvalue weighted by Crippen LogP contribution is 2.19. The molecule has 0 atom stereocenters. The third kappa shape index (κ3) is 3.67. The molecule has 2 aromatic rings. The standard InChI is InChI=1S/C21H26N4O3/c1-15-4-5-17(12-16(15)2)20(26)24-6-3-7-25-18(14-24)13-19(22-25)21(27)23-8-10-28-11-9-23/h4-5,12-13H,3,6-11,14H2,1-2H3. The fourth-order valence-corrected chi connectivity index (χ4v) is 3.73. The molecule has 1 saturated heterocycles. The molecule has 1 aromatic heterocycles. The van der Waals surface area contributed by atoms with Crippen molar-refractivity contribution < 1.29 is 14.3 Å². The fourth-order valence-electron chi connectivity index (χ4n) is 3.73. The number of rotatable bonds is 2. The van der Waals surface area contributed by atoms with Crippen LogP contribution < -0.4 is 0 Å². The minimum atomic E-state index is -0.0593. The van der Waals surface area contributed by atoms with Gasteiger partial charge in [-0.25, -0.2) is 0 Å². The Morgan fingerprint density at radius 3 is 2.46 bits per heavy atom. The zero-order valence-electron chi connectivity index (χ0n) is 16.5. The average Bonchev–Trinajstić information content (AvgIpc) is 3.01. The van der Waals surface area contributed by atoms with Gasteiger partial charge < -0.3 is 14.5 Å². The van der Waals surface area contributed by atoms with Crippen molar-refractivity contribution in [3.63, 3.8) is 0 Å². The van der Waals surface area contributed by atoms with Gasteiger partial charge in [0.1, 0.15) is 0 Å². The molecule has 0 bridgehead atoms. The Balaban J connectivity index is 1.53. The zero-order valence-corrected chi connectivity index (χ0v) is 16.5. The van der Waals surface area contributed by atoms with Gasteiger partial charge in [-0.3, -0.25) is 14.3 Å². The van der Waals surface area contributed by atoms with Crippen LogP contribution in [0, 0.1) is 13.8 Å². The number of hydrogen-bond acceptors (Lipinski definition) is 4. The Labute approximate surface area is 164 Å². The topological polar surface area (TPSA) is 67.7 Å². The lowest BCUT2D eigenvalue weighted by molar-refractivity contribution is 0.0298. The van der Waals surface area contributed by atoms with E-state index in [9.17, 15) is 9.59 Å². The van der Waals surface area contributed by atoms with Gasteiger partial charge in [0.05, 0.1) is 25.5 Å². The summed E-state index contributed by atoms with van der Waals surface area (Å²) in [4.78, 5) is 29.4. The van der Waals surface area contributed by atoms with Gasteiger partial charge in [0, 0.05) is 31.7 Å². The summed E-state index contributed by atoms with van der Waals surface area (Å²) in [5.74, 6) is -0.0327. The van der Waals surface area contributed by atoms with Crippen molar-refractivity contribution in [2.75, 3.05) is 32.8 Å². The summed E-state index contributed by atoms with van der Waals surface area (Å²) in [7, 11) is 0. The van der Waals surface area contributed by atoms with Crippen molar-refractivity contribution in [2.24, 2.45) is 0 Å². The van der Waals surface area contributed by atoms with Gasteiger partial charge in [-0.1, -0.05) is 6.07 Å². The number of ether oxygens (including phenoxy) is 1. The normalized spacial score (nSPS) is 17.2. The van der Waals surface area contributed by atoms with Crippen molar-refractivity contribution in [3.05, 3.63) is 52.3 Å². The van der Waals surface area contributed by atoms with Crippen LogP contribution in [-0.4, -0.2) is 64.2 Å². The van der Waals surface area contributed by atoms with Crippen LogP contribution in [0.5, 0.6) is 0 Å². The summed E-state index contributed by atoms with van der Waals surface area (Å²) < 4.78 is 7.19. The minimum absolute atomic E-state index is 0.0267. The molecule has 0 saturated carbocycles. The number of amides is 2. The summed E-state index contributed by atoms with van der Waals surface area (Å²) >= 11 is 0. The van der Waals surface area contributed by atoms with Crippen LogP contribution in [0.4, 0.5) is 0 Å². The van der Waals surface area contributed by atoms with Crippen LogP contribution >= 0.6 is 0 Å². The maximum atomic E-state index is 13.0. The fraction of sp³-hybridized carbons (Fsp3) is 0.476. The monoisotopic (exact) mass is 382 g/mol. The number of carbonyl (C=O) groups is 2. The molecule has 2 aliphatic rings. The van der Waals surface area contributed by atoms with E-state index in [4.69, 9.17) is 4.74 Å². The second-order valence-corrected chi connectivity index (χ2v) is 7.53.